The molecule has 4 aromatic rings. The second kappa shape index (κ2) is 4.60. The minimum atomic E-state index is 0.233. The quantitative estimate of drug-likeness (QED) is 0.574. The lowest BCUT2D eigenvalue weighted by molar-refractivity contribution is 0.872. The van der Waals surface area contributed by atoms with Gasteiger partial charge in [-0.15, -0.1) is 5.10 Å². The number of nitriles is 1. The Morgan fingerprint density at radius 1 is 1.05 bits per heavy atom. The number of imidazole rings is 1. The zero-order chi connectivity index (χ0) is 15.1. The molecule has 0 saturated carbocycles. The molecule has 0 unspecified atom stereocenters. The predicted molar refractivity (Wildman–Crippen MR) is 83.9 cm³/mol. The van der Waals surface area contributed by atoms with Crippen LogP contribution in [0.3, 0.4) is 0 Å². The molecule has 2 N–H and O–H groups in total. The molecule has 2 heterocycles. The van der Waals surface area contributed by atoms with Gasteiger partial charge in [0, 0.05) is 11.3 Å². The number of hydrogen-bond acceptors (Lipinski definition) is 4. The third-order valence-corrected chi connectivity index (χ3v) is 3.63. The molecular weight excluding hydrogens is 276 g/mol. The van der Waals surface area contributed by atoms with Crippen molar-refractivity contribution in [2.24, 2.45) is 0 Å². The van der Waals surface area contributed by atoms with E-state index in [1.54, 1.807) is 4.52 Å². The van der Waals surface area contributed by atoms with Crippen LogP contribution in [0.25, 0.3) is 28.2 Å². The second-order valence-electron chi connectivity index (χ2n) is 5.00. The van der Waals surface area contributed by atoms with E-state index in [0.717, 1.165) is 16.6 Å². The lowest BCUT2D eigenvalue weighted by Crippen LogP contribution is -1.96. The fourth-order valence-corrected chi connectivity index (χ4v) is 2.60. The number of rotatable bonds is 2. The first-order valence-corrected chi connectivity index (χ1v) is 6.85. The van der Waals surface area contributed by atoms with Crippen molar-refractivity contribution >= 4 is 22.5 Å². The van der Waals surface area contributed by atoms with Gasteiger partial charge in [-0.1, -0.05) is 12.1 Å². The van der Waals surface area contributed by atoms with E-state index in [4.69, 9.17) is 11.0 Å². The van der Waals surface area contributed by atoms with Gasteiger partial charge in [0.15, 0.2) is 5.82 Å². The van der Waals surface area contributed by atoms with Crippen molar-refractivity contribution in [1.29, 1.82) is 5.26 Å². The van der Waals surface area contributed by atoms with Crippen molar-refractivity contribution in [2.45, 2.75) is 6.54 Å². The van der Waals surface area contributed by atoms with Crippen LogP contribution in [0.2, 0.25) is 0 Å². The summed E-state index contributed by atoms with van der Waals surface area (Å²) in [6.07, 6.45) is 0. The molecule has 0 saturated heterocycles. The summed E-state index contributed by atoms with van der Waals surface area (Å²) in [6.45, 7) is 0.233. The van der Waals surface area contributed by atoms with Crippen LogP contribution in [0.4, 0.5) is 5.69 Å². The van der Waals surface area contributed by atoms with E-state index in [-0.39, 0.29) is 6.54 Å². The fraction of sp³-hybridized carbons (Fsp3) is 0.0625. The Bertz CT molecular complexity index is 1020. The molecule has 0 aliphatic rings. The smallest absolute Gasteiger partial charge is 0.234 e. The summed E-state index contributed by atoms with van der Waals surface area (Å²) in [5.74, 6) is 1.28. The van der Waals surface area contributed by atoms with E-state index in [0.29, 0.717) is 17.3 Å². The van der Waals surface area contributed by atoms with E-state index in [9.17, 15) is 0 Å². The fourth-order valence-electron chi connectivity index (χ4n) is 2.60. The molecule has 0 aliphatic heterocycles. The Balaban J connectivity index is 1.99. The Kier molecular flexibility index (Phi) is 2.60. The SMILES string of the molecule is N#CCn1c2ccccc2n2nc(-c3ccc(N)cc3)nc12. The molecule has 0 radical (unpaired) electrons. The molecule has 6 nitrogen and oxygen atoms in total. The molecule has 2 aromatic carbocycles. The standard InChI is InChI=1S/C16H12N6/c17-9-10-21-13-3-1-2-4-14(13)22-16(21)19-15(20-22)11-5-7-12(18)8-6-11/h1-8H,10,18H2. The largest absolute Gasteiger partial charge is 0.399 e. The first-order valence-electron chi connectivity index (χ1n) is 6.85. The van der Waals surface area contributed by atoms with Crippen LogP contribution < -0.4 is 5.73 Å². The van der Waals surface area contributed by atoms with Gasteiger partial charge in [0.2, 0.25) is 5.78 Å². The maximum atomic E-state index is 9.07. The number of fused-ring (bicyclic) bond motifs is 3. The first kappa shape index (κ1) is 12.4. The molecule has 0 atom stereocenters. The highest BCUT2D eigenvalue weighted by Crippen LogP contribution is 2.23. The molecule has 2 aromatic heterocycles. The number of nitrogen functional groups attached to an aromatic ring is 1. The summed E-state index contributed by atoms with van der Waals surface area (Å²) >= 11 is 0. The maximum absolute atomic E-state index is 9.07. The van der Waals surface area contributed by atoms with E-state index in [2.05, 4.69) is 16.2 Å². The molecule has 106 valence electrons. The summed E-state index contributed by atoms with van der Waals surface area (Å²) in [4.78, 5) is 4.59. The molecule has 0 spiro atoms. The Hall–Kier alpha value is -3.33. The van der Waals surface area contributed by atoms with Crippen LogP contribution in [0.15, 0.2) is 48.5 Å². The molecule has 22 heavy (non-hydrogen) atoms. The number of hydrogen-bond donors (Lipinski definition) is 1. The summed E-state index contributed by atoms with van der Waals surface area (Å²) in [5.41, 5.74) is 9.19. The zero-order valence-electron chi connectivity index (χ0n) is 11.6. The van der Waals surface area contributed by atoms with Crippen LogP contribution in [0.5, 0.6) is 0 Å². The number of nitrogens with zero attached hydrogens (tertiary/aromatic N) is 5. The number of benzene rings is 2. The van der Waals surface area contributed by atoms with Crippen LogP contribution in [-0.4, -0.2) is 19.2 Å². The van der Waals surface area contributed by atoms with Crippen molar-refractivity contribution in [2.75, 3.05) is 5.73 Å². The van der Waals surface area contributed by atoms with Gasteiger partial charge < -0.3 is 5.73 Å². The van der Waals surface area contributed by atoms with Crippen molar-refractivity contribution in [3.63, 3.8) is 0 Å². The van der Waals surface area contributed by atoms with Crippen molar-refractivity contribution in [3.8, 4) is 17.5 Å². The van der Waals surface area contributed by atoms with Crippen LogP contribution >= 0.6 is 0 Å². The summed E-state index contributed by atoms with van der Waals surface area (Å²) in [7, 11) is 0. The van der Waals surface area contributed by atoms with Gasteiger partial charge in [-0.2, -0.15) is 14.8 Å². The molecule has 0 bridgehead atoms. The second-order valence-corrected chi connectivity index (χ2v) is 5.00. The monoisotopic (exact) mass is 288 g/mol. The zero-order valence-corrected chi connectivity index (χ0v) is 11.6. The Morgan fingerprint density at radius 2 is 1.77 bits per heavy atom. The summed E-state index contributed by atoms with van der Waals surface area (Å²) in [6, 6.07) is 17.4. The summed E-state index contributed by atoms with van der Waals surface area (Å²) < 4.78 is 3.64. The first-order chi connectivity index (χ1) is 10.8. The van der Waals surface area contributed by atoms with Crippen LogP contribution in [-0.2, 0) is 6.54 Å². The van der Waals surface area contributed by atoms with Crippen molar-refractivity contribution in [1.82, 2.24) is 19.2 Å². The third kappa shape index (κ3) is 1.73. The highest BCUT2D eigenvalue weighted by molar-refractivity contribution is 5.81. The number of nitrogens with two attached hydrogens (primary N) is 1. The minimum Gasteiger partial charge on any atom is -0.399 e. The highest BCUT2D eigenvalue weighted by Gasteiger charge is 2.15. The van der Waals surface area contributed by atoms with Crippen LogP contribution in [0, 0.1) is 11.3 Å². The van der Waals surface area contributed by atoms with Gasteiger partial charge in [-0.3, -0.25) is 4.57 Å². The number of aromatic nitrogens is 4. The molecule has 0 fully saturated rings. The van der Waals surface area contributed by atoms with E-state index < -0.39 is 0 Å². The molecular formula is C16H12N6. The molecule has 0 amide bonds. The van der Waals surface area contributed by atoms with Crippen molar-refractivity contribution < 1.29 is 0 Å². The topological polar surface area (TPSA) is 84.9 Å². The van der Waals surface area contributed by atoms with Gasteiger partial charge in [0.05, 0.1) is 17.1 Å². The Morgan fingerprint density at radius 3 is 2.50 bits per heavy atom. The van der Waals surface area contributed by atoms with Crippen LogP contribution in [0.1, 0.15) is 0 Å². The highest BCUT2D eigenvalue weighted by atomic mass is 15.4. The average Bonchev–Trinajstić information content (AvgIpc) is 3.08. The van der Waals surface area contributed by atoms with Gasteiger partial charge >= 0.3 is 0 Å². The van der Waals surface area contributed by atoms with E-state index >= 15 is 0 Å². The van der Waals surface area contributed by atoms with Gasteiger partial charge in [-0.05, 0) is 36.4 Å². The molecule has 4 rings (SSSR count). The van der Waals surface area contributed by atoms with Gasteiger partial charge in [0.1, 0.15) is 6.54 Å². The summed E-state index contributed by atoms with van der Waals surface area (Å²) in [5, 5.41) is 13.6. The maximum Gasteiger partial charge on any atom is 0.234 e. The lowest BCUT2D eigenvalue weighted by atomic mass is 10.2. The number of anilines is 1. The number of para-hydroxylation sites is 2. The molecule has 6 heteroatoms. The average molecular weight is 288 g/mol. The predicted octanol–water partition coefficient (Wildman–Crippen LogP) is 2.46. The minimum absolute atomic E-state index is 0.233. The normalized spacial score (nSPS) is 11.0. The van der Waals surface area contributed by atoms with Crippen molar-refractivity contribution in [3.05, 3.63) is 48.5 Å². The lowest BCUT2D eigenvalue weighted by Gasteiger charge is -1.98. The molecule has 0 aliphatic carbocycles. The third-order valence-electron chi connectivity index (χ3n) is 3.63. The van der Waals surface area contributed by atoms with Gasteiger partial charge in [0.25, 0.3) is 0 Å². The van der Waals surface area contributed by atoms with E-state index in [1.807, 2.05) is 53.1 Å². The van der Waals surface area contributed by atoms with E-state index in [1.165, 1.54) is 0 Å². The van der Waals surface area contributed by atoms with Gasteiger partial charge in [-0.25, -0.2) is 0 Å². The Labute approximate surface area is 126 Å².